The Morgan fingerprint density at radius 2 is 1.37 bits per heavy atom. The largest absolute Gasteiger partial charge is 0.330 e. The van der Waals surface area contributed by atoms with Crippen LogP contribution >= 0.6 is 0 Å². The van der Waals surface area contributed by atoms with Gasteiger partial charge in [-0.1, -0.05) is 154 Å². The van der Waals surface area contributed by atoms with Gasteiger partial charge in [-0.3, -0.25) is 0 Å². The van der Waals surface area contributed by atoms with E-state index < -0.39 is 0 Å². The molecular formula is C47H40N2. The van der Waals surface area contributed by atoms with Crippen molar-refractivity contribution < 1.29 is 0 Å². The van der Waals surface area contributed by atoms with Crippen LogP contribution in [0.15, 0.2) is 147 Å². The number of fused-ring (bicyclic) bond motifs is 5. The number of aryl methyl sites for hydroxylation is 2. The summed E-state index contributed by atoms with van der Waals surface area (Å²) in [5, 5.41) is 3.88. The third kappa shape index (κ3) is 6.45. The second-order valence-corrected chi connectivity index (χ2v) is 12.5. The summed E-state index contributed by atoms with van der Waals surface area (Å²) in [7, 11) is 2.20. The Labute approximate surface area is 289 Å². The molecule has 0 saturated carbocycles. The van der Waals surface area contributed by atoms with Gasteiger partial charge in [-0.2, -0.15) is 0 Å². The maximum absolute atomic E-state index is 4.15. The Morgan fingerprint density at radius 1 is 0.714 bits per heavy atom. The highest BCUT2D eigenvalue weighted by molar-refractivity contribution is 6.21. The lowest BCUT2D eigenvalue weighted by Gasteiger charge is -2.09. The highest BCUT2D eigenvalue weighted by Crippen LogP contribution is 2.38. The van der Waals surface area contributed by atoms with Crippen LogP contribution in [0.2, 0.25) is 0 Å². The van der Waals surface area contributed by atoms with Crippen LogP contribution in [0, 0.1) is 11.8 Å². The van der Waals surface area contributed by atoms with E-state index in [1.807, 2.05) is 18.2 Å². The van der Waals surface area contributed by atoms with Crippen LogP contribution < -0.4 is 0 Å². The second kappa shape index (κ2) is 14.0. The minimum atomic E-state index is 0.969. The van der Waals surface area contributed by atoms with Crippen LogP contribution in [0.4, 0.5) is 0 Å². The molecule has 0 fully saturated rings. The summed E-state index contributed by atoms with van der Waals surface area (Å²) in [5.41, 5.74) is 12.6. The number of benzene rings is 5. The van der Waals surface area contributed by atoms with Crippen molar-refractivity contribution in [1.82, 2.24) is 9.13 Å². The lowest BCUT2D eigenvalue weighted by molar-refractivity contribution is 0.655. The first-order valence-electron chi connectivity index (χ1n) is 17.0. The highest BCUT2D eigenvalue weighted by atomic mass is 15.1. The molecule has 0 radical (unpaired) electrons. The lowest BCUT2D eigenvalue weighted by Crippen LogP contribution is -2.02. The van der Waals surface area contributed by atoms with Gasteiger partial charge in [0.25, 0.3) is 0 Å². The molecule has 0 unspecified atom stereocenters. The summed E-state index contributed by atoms with van der Waals surface area (Å²) in [6.45, 7) is 11.1. The normalized spacial score (nSPS) is 11.6. The molecule has 0 aliphatic heterocycles. The first-order valence-corrected chi connectivity index (χ1v) is 17.0. The van der Waals surface area contributed by atoms with Gasteiger partial charge in [0.05, 0.1) is 11.0 Å². The summed E-state index contributed by atoms with van der Waals surface area (Å²) >= 11 is 0. The molecule has 0 aliphatic rings. The molecule has 2 heterocycles. The maximum Gasteiger partial charge on any atom is 0.122 e. The third-order valence-electron chi connectivity index (χ3n) is 9.27. The van der Waals surface area contributed by atoms with Crippen LogP contribution in [0.5, 0.6) is 0 Å². The Morgan fingerprint density at radius 3 is 2.12 bits per heavy atom. The van der Waals surface area contributed by atoms with Crippen LogP contribution in [0.1, 0.15) is 47.6 Å². The van der Waals surface area contributed by atoms with Crippen LogP contribution in [0.25, 0.3) is 61.7 Å². The van der Waals surface area contributed by atoms with Gasteiger partial charge in [0.1, 0.15) is 5.65 Å². The van der Waals surface area contributed by atoms with E-state index in [1.54, 1.807) is 6.08 Å². The van der Waals surface area contributed by atoms with E-state index in [2.05, 4.69) is 169 Å². The molecule has 0 N–H and O–H groups in total. The monoisotopic (exact) mass is 632 g/mol. The molecule has 2 aromatic heterocycles. The minimum absolute atomic E-state index is 0.969. The van der Waals surface area contributed by atoms with E-state index in [4.69, 9.17) is 0 Å². The fourth-order valence-corrected chi connectivity index (χ4v) is 6.63. The van der Waals surface area contributed by atoms with Gasteiger partial charge in [0, 0.05) is 40.9 Å². The smallest absolute Gasteiger partial charge is 0.122 e. The van der Waals surface area contributed by atoms with Crippen LogP contribution in [-0.4, -0.2) is 9.13 Å². The fourth-order valence-electron chi connectivity index (χ4n) is 6.63. The summed E-state index contributed by atoms with van der Waals surface area (Å²) in [6, 6.07) is 41.0. The predicted octanol–water partition coefficient (Wildman–Crippen LogP) is 12.1. The molecule has 7 aromatic rings. The SMILES string of the molecule is C=C/C=C\C(=C)c1ccc(/C=C/c2ccc3c4c5ccc(C#Cc6ccc(-c7ccccc7)cc6)cc5n(CCCC)c4n(C)c3c2)cc1. The molecule has 0 amide bonds. The predicted molar refractivity (Wildman–Crippen MR) is 212 cm³/mol. The number of aromatic nitrogens is 2. The van der Waals surface area contributed by atoms with Crippen molar-refractivity contribution in [2.75, 3.05) is 0 Å². The quantitative estimate of drug-likeness (QED) is 0.0851. The first-order chi connectivity index (χ1) is 24.0. The first kappa shape index (κ1) is 31.6. The third-order valence-corrected chi connectivity index (χ3v) is 9.27. The molecule has 5 aromatic carbocycles. The summed E-state index contributed by atoms with van der Waals surface area (Å²) in [4.78, 5) is 0. The van der Waals surface area contributed by atoms with E-state index in [1.165, 1.54) is 49.5 Å². The standard InChI is InChI=1S/C47H40N2/c1-5-7-12-34(3)39-25-19-35(20-26-39)15-17-37-23-29-42-44(32-37)48(4)47-46(42)43-30-24-38(33-45(43)49(47)31-8-6-2)18-16-36-21-27-41(28-22-36)40-13-10-9-11-14-40/h5,7,9-15,17,19-30,32-33H,1,3,6,8,31H2,2,4H3/b12-7-,17-15+. The molecule has 7 rings (SSSR count). The van der Waals surface area contributed by atoms with Crippen molar-refractivity contribution in [3.05, 3.63) is 174 Å². The molecule has 0 bridgehead atoms. The van der Waals surface area contributed by atoms with Crippen LogP contribution in [-0.2, 0) is 13.6 Å². The Hall–Kier alpha value is -6.04. The molecule has 0 saturated heterocycles. The van der Waals surface area contributed by atoms with Gasteiger partial charge >= 0.3 is 0 Å². The summed E-state index contributed by atoms with van der Waals surface area (Å²) in [5.74, 6) is 6.85. The van der Waals surface area contributed by atoms with E-state index in [0.29, 0.717) is 0 Å². The second-order valence-electron chi connectivity index (χ2n) is 12.5. The topological polar surface area (TPSA) is 9.86 Å². The molecule has 49 heavy (non-hydrogen) atoms. The Bertz CT molecular complexity index is 2430. The number of nitrogens with zero attached hydrogens (tertiary/aromatic N) is 2. The molecule has 0 aliphatic carbocycles. The average molecular weight is 633 g/mol. The minimum Gasteiger partial charge on any atom is -0.330 e. The number of hydrogen-bond acceptors (Lipinski definition) is 0. The van der Waals surface area contributed by atoms with Crippen molar-refractivity contribution in [2.45, 2.75) is 26.3 Å². The Balaban J connectivity index is 1.20. The van der Waals surface area contributed by atoms with Gasteiger partial charge in [0.2, 0.25) is 0 Å². The van der Waals surface area contributed by atoms with Crippen molar-refractivity contribution in [2.24, 2.45) is 7.05 Å². The maximum atomic E-state index is 4.15. The zero-order valence-corrected chi connectivity index (χ0v) is 28.3. The summed E-state index contributed by atoms with van der Waals surface area (Å²) < 4.78 is 4.87. The zero-order valence-electron chi connectivity index (χ0n) is 28.3. The number of hydrogen-bond donors (Lipinski definition) is 0. The van der Waals surface area contributed by atoms with Crippen molar-refractivity contribution in [1.29, 1.82) is 0 Å². The van der Waals surface area contributed by atoms with Crippen molar-refractivity contribution in [3.63, 3.8) is 0 Å². The number of unbranched alkanes of at least 4 members (excludes halogenated alkanes) is 1. The molecule has 0 atom stereocenters. The number of rotatable bonds is 9. The van der Waals surface area contributed by atoms with Gasteiger partial charge in [-0.25, -0.2) is 0 Å². The molecule has 0 spiro atoms. The van der Waals surface area contributed by atoms with E-state index >= 15 is 0 Å². The Kier molecular flexibility index (Phi) is 9.00. The van der Waals surface area contributed by atoms with Gasteiger partial charge in [0.15, 0.2) is 0 Å². The fraction of sp³-hybridized carbons (Fsp3) is 0.106. The van der Waals surface area contributed by atoms with Gasteiger partial charge < -0.3 is 9.13 Å². The van der Waals surface area contributed by atoms with Crippen molar-refractivity contribution in [3.8, 4) is 23.0 Å². The lowest BCUT2D eigenvalue weighted by atomic mass is 10.0. The van der Waals surface area contributed by atoms with Crippen molar-refractivity contribution >= 4 is 50.6 Å². The van der Waals surface area contributed by atoms with Gasteiger partial charge in [-0.15, -0.1) is 0 Å². The highest BCUT2D eigenvalue weighted by Gasteiger charge is 2.19. The molecule has 2 nitrogen and oxygen atoms in total. The zero-order chi connectivity index (χ0) is 33.7. The molecule has 2 heteroatoms. The van der Waals surface area contributed by atoms with Crippen LogP contribution in [0.3, 0.4) is 0 Å². The van der Waals surface area contributed by atoms with E-state index in [0.717, 1.165) is 47.2 Å². The van der Waals surface area contributed by atoms with Gasteiger partial charge in [-0.05, 0) is 70.1 Å². The average Bonchev–Trinajstić information content (AvgIpc) is 3.62. The van der Waals surface area contributed by atoms with E-state index in [-0.39, 0.29) is 0 Å². The van der Waals surface area contributed by atoms with E-state index in [9.17, 15) is 0 Å². The molecular weight excluding hydrogens is 593 g/mol. The molecule has 238 valence electrons. The number of allylic oxidation sites excluding steroid dienone is 4. The summed E-state index contributed by atoms with van der Waals surface area (Å²) in [6.07, 6.45) is 12.3.